The van der Waals surface area contributed by atoms with E-state index < -0.39 is 82.6 Å². The van der Waals surface area contributed by atoms with Gasteiger partial charge in [0.15, 0.2) is 34.2 Å². The van der Waals surface area contributed by atoms with E-state index >= 15 is 0 Å². The van der Waals surface area contributed by atoms with Crippen molar-refractivity contribution in [3.8, 4) is 45.8 Å². The maximum absolute atomic E-state index is 12.7. The number of phenols is 5. The summed E-state index contributed by atoms with van der Waals surface area (Å²) >= 11 is 0. The Morgan fingerprint density at radius 2 is 1.47 bits per heavy atom. The predicted octanol–water partition coefficient (Wildman–Crippen LogP) is -0.833. The molecule has 13 heteroatoms. The van der Waals surface area contributed by atoms with Gasteiger partial charge in [0, 0.05) is 17.7 Å². The Hall–Kier alpha value is -3.75. The quantitative estimate of drug-likeness (QED) is 0.208. The van der Waals surface area contributed by atoms with Crippen LogP contribution in [0.15, 0.2) is 33.5 Å². The van der Waals surface area contributed by atoms with Gasteiger partial charge >= 0.3 is 0 Å². The lowest BCUT2D eigenvalue weighted by Crippen LogP contribution is -2.60. The molecule has 1 saturated heterocycles. The van der Waals surface area contributed by atoms with Gasteiger partial charge in [-0.25, -0.2) is 0 Å². The molecule has 0 aliphatic carbocycles. The minimum atomic E-state index is -1.85. The van der Waals surface area contributed by atoms with Gasteiger partial charge in [-0.3, -0.25) is 4.79 Å². The summed E-state index contributed by atoms with van der Waals surface area (Å²) in [6, 6.07) is 3.83. The van der Waals surface area contributed by atoms with Gasteiger partial charge in [-0.05, 0) is 12.1 Å². The van der Waals surface area contributed by atoms with Crippen molar-refractivity contribution in [1.82, 2.24) is 0 Å². The van der Waals surface area contributed by atoms with Crippen molar-refractivity contribution < 1.29 is 59.8 Å². The van der Waals surface area contributed by atoms with Crippen LogP contribution in [0.1, 0.15) is 0 Å². The summed E-state index contributed by atoms with van der Waals surface area (Å²) in [7, 11) is 0. The zero-order chi connectivity index (χ0) is 24.9. The van der Waals surface area contributed by atoms with Crippen LogP contribution in [-0.2, 0) is 4.74 Å². The molecule has 0 saturated carbocycles. The third-order valence-electron chi connectivity index (χ3n) is 5.36. The molecule has 4 rings (SSSR count). The molecule has 0 unspecified atom stereocenters. The third-order valence-corrected chi connectivity index (χ3v) is 5.36. The van der Waals surface area contributed by atoms with Gasteiger partial charge in [0.1, 0.15) is 41.1 Å². The molecule has 9 N–H and O–H groups in total. The molecule has 0 bridgehead atoms. The summed E-state index contributed by atoms with van der Waals surface area (Å²) in [5, 5.41) is 88.5. The van der Waals surface area contributed by atoms with Crippen molar-refractivity contribution in [2.45, 2.75) is 30.7 Å². The molecule has 5 atom stereocenters. The molecular weight excluding hydrogens is 460 g/mol. The Labute approximate surface area is 189 Å². The first-order valence-corrected chi connectivity index (χ1v) is 9.78. The standard InChI is InChI=1S/C21H20O13/c22-5-13-16(28)18(30)19(31)21(33-13)34-20-10(26)4-12-14(17(20)29)7(23)3-11(32-12)6-1-8(24)15(27)9(25)2-6/h1-4,13,16,18-19,21-22,24-31H,5H2/t13-,16-,18+,19-,21+/m1/s1. The highest BCUT2D eigenvalue weighted by atomic mass is 16.7. The SMILES string of the molecule is O=c1cc(-c2cc(O)c(O)c(O)c2)oc2cc(O)c(O[C@@H]3O[C@H](CO)[C@@H](O)[C@H](O)[C@H]3O)c(O)c12. The number of hydrogen-bond donors (Lipinski definition) is 9. The van der Waals surface area contributed by atoms with E-state index in [0.717, 1.165) is 24.3 Å². The highest BCUT2D eigenvalue weighted by Gasteiger charge is 2.45. The van der Waals surface area contributed by atoms with Crippen molar-refractivity contribution in [2.24, 2.45) is 0 Å². The number of fused-ring (bicyclic) bond motifs is 1. The molecule has 13 nitrogen and oxygen atoms in total. The number of hydrogen-bond acceptors (Lipinski definition) is 13. The van der Waals surface area contributed by atoms with Crippen LogP contribution in [0.4, 0.5) is 0 Å². The lowest BCUT2D eigenvalue weighted by atomic mass is 9.99. The molecular formula is C21H20O13. The number of rotatable bonds is 4. The predicted molar refractivity (Wildman–Crippen MR) is 111 cm³/mol. The van der Waals surface area contributed by atoms with Gasteiger partial charge in [-0.1, -0.05) is 0 Å². The van der Waals surface area contributed by atoms with E-state index in [9.17, 15) is 50.8 Å². The lowest BCUT2D eigenvalue weighted by Gasteiger charge is -2.39. The van der Waals surface area contributed by atoms with Crippen LogP contribution in [0.5, 0.6) is 34.5 Å². The summed E-state index contributed by atoms with van der Waals surface area (Å²) in [5.74, 6) is -4.72. The van der Waals surface area contributed by atoms with Crippen molar-refractivity contribution in [3.63, 3.8) is 0 Å². The first-order chi connectivity index (χ1) is 16.0. The van der Waals surface area contributed by atoms with Crippen molar-refractivity contribution in [1.29, 1.82) is 0 Å². The number of aliphatic hydroxyl groups is 4. The number of ether oxygens (including phenoxy) is 2. The zero-order valence-corrected chi connectivity index (χ0v) is 17.1. The van der Waals surface area contributed by atoms with Crippen LogP contribution in [0.25, 0.3) is 22.3 Å². The second-order valence-electron chi connectivity index (χ2n) is 7.60. The summed E-state index contributed by atoms with van der Waals surface area (Å²) in [4.78, 5) is 12.7. The van der Waals surface area contributed by atoms with Crippen LogP contribution in [0, 0.1) is 0 Å². The lowest BCUT2D eigenvalue weighted by molar-refractivity contribution is -0.277. The molecule has 34 heavy (non-hydrogen) atoms. The van der Waals surface area contributed by atoms with Crippen LogP contribution in [-0.4, -0.2) is 83.3 Å². The van der Waals surface area contributed by atoms with E-state index in [-0.39, 0.29) is 16.9 Å². The Morgan fingerprint density at radius 1 is 0.824 bits per heavy atom. The molecule has 0 amide bonds. The van der Waals surface area contributed by atoms with Crippen molar-refractivity contribution >= 4 is 11.0 Å². The summed E-state index contributed by atoms with van der Waals surface area (Å²) < 4.78 is 16.0. The zero-order valence-electron chi connectivity index (χ0n) is 17.1. The van der Waals surface area contributed by atoms with Gasteiger partial charge in [-0.2, -0.15) is 0 Å². The molecule has 1 aromatic heterocycles. The van der Waals surface area contributed by atoms with Gasteiger partial charge < -0.3 is 59.8 Å². The molecule has 0 spiro atoms. The summed E-state index contributed by atoms with van der Waals surface area (Å²) in [6.07, 6.45) is -8.37. The van der Waals surface area contributed by atoms with E-state index in [1.54, 1.807) is 0 Å². The first-order valence-electron chi connectivity index (χ1n) is 9.78. The molecule has 182 valence electrons. The van der Waals surface area contributed by atoms with Gasteiger partial charge in [0.25, 0.3) is 0 Å². The van der Waals surface area contributed by atoms with Gasteiger partial charge in [0.2, 0.25) is 12.0 Å². The minimum Gasteiger partial charge on any atom is -0.504 e. The van der Waals surface area contributed by atoms with Gasteiger partial charge in [0.05, 0.1) is 6.61 Å². The van der Waals surface area contributed by atoms with Gasteiger partial charge in [-0.15, -0.1) is 0 Å². The highest BCUT2D eigenvalue weighted by Crippen LogP contribution is 2.44. The maximum Gasteiger partial charge on any atom is 0.229 e. The fraction of sp³-hybridized carbons (Fsp3) is 0.286. The minimum absolute atomic E-state index is 0.00701. The van der Waals surface area contributed by atoms with Crippen LogP contribution >= 0.6 is 0 Å². The second kappa shape index (κ2) is 8.55. The number of aromatic hydroxyl groups is 5. The van der Waals surface area contributed by atoms with E-state index in [1.807, 2.05) is 0 Å². The largest absolute Gasteiger partial charge is 0.504 e. The monoisotopic (exact) mass is 480 g/mol. The average Bonchev–Trinajstić information content (AvgIpc) is 2.79. The van der Waals surface area contributed by atoms with Crippen LogP contribution < -0.4 is 10.2 Å². The van der Waals surface area contributed by atoms with E-state index in [1.165, 1.54) is 0 Å². The summed E-state index contributed by atoms with van der Waals surface area (Å²) in [5.41, 5.74) is -1.17. The fourth-order valence-electron chi connectivity index (χ4n) is 3.56. The van der Waals surface area contributed by atoms with E-state index in [2.05, 4.69) is 0 Å². The second-order valence-corrected chi connectivity index (χ2v) is 7.60. The number of phenolic OH excluding ortho intramolecular Hbond substituents is 5. The van der Waals surface area contributed by atoms with Crippen molar-refractivity contribution in [3.05, 3.63) is 34.5 Å². The van der Waals surface area contributed by atoms with E-state index in [0.29, 0.717) is 0 Å². The molecule has 1 fully saturated rings. The highest BCUT2D eigenvalue weighted by molar-refractivity contribution is 5.89. The molecule has 0 radical (unpaired) electrons. The fourth-order valence-corrected chi connectivity index (χ4v) is 3.56. The molecule has 2 heterocycles. The molecule has 3 aromatic rings. The maximum atomic E-state index is 12.7. The summed E-state index contributed by atoms with van der Waals surface area (Å²) in [6.45, 7) is -0.741. The number of benzene rings is 2. The Kier molecular flexibility index (Phi) is 5.89. The smallest absolute Gasteiger partial charge is 0.229 e. The number of aliphatic hydroxyl groups excluding tert-OH is 4. The normalized spacial score (nSPS) is 24.9. The van der Waals surface area contributed by atoms with E-state index in [4.69, 9.17) is 13.9 Å². The van der Waals surface area contributed by atoms with Crippen molar-refractivity contribution in [2.75, 3.05) is 6.61 Å². The Bertz CT molecular complexity index is 1280. The first kappa shape index (κ1) is 23.4. The third kappa shape index (κ3) is 3.81. The molecule has 1 aliphatic rings. The van der Waals surface area contributed by atoms with Crippen LogP contribution in [0.2, 0.25) is 0 Å². The molecule has 2 aromatic carbocycles. The Morgan fingerprint density at radius 3 is 2.09 bits per heavy atom. The van der Waals surface area contributed by atoms with Crippen LogP contribution in [0.3, 0.4) is 0 Å². The molecule has 1 aliphatic heterocycles. The Balaban J connectivity index is 1.76. The average molecular weight is 480 g/mol. The topological polar surface area (TPSA) is 231 Å².